The number of piperazine rings is 1. The maximum absolute atomic E-state index is 6.39. The third kappa shape index (κ3) is 6.06. The number of rotatable bonds is 10. The van der Waals surface area contributed by atoms with Crippen molar-refractivity contribution in [3.8, 4) is 17.0 Å². The van der Waals surface area contributed by atoms with Crippen LogP contribution in [0.1, 0.15) is 18.4 Å². The first-order valence-electron chi connectivity index (χ1n) is 12.5. The third-order valence-electron chi connectivity index (χ3n) is 6.54. The van der Waals surface area contributed by atoms with Crippen molar-refractivity contribution in [3.63, 3.8) is 0 Å². The van der Waals surface area contributed by atoms with Crippen molar-refractivity contribution in [3.05, 3.63) is 71.0 Å². The number of anilines is 1. The molecule has 1 fully saturated rings. The van der Waals surface area contributed by atoms with Gasteiger partial charge in [0.15, 0.2) is 0 Å². The number of benzene rings is 2. The third-order valence-corrected chi connectivity index (χ3v) is 6.98. The van der Waals surface area contributed by atoms with E-state index in [0.717, 1.165) is 83.8 Å². The SMILES string of the molecule is CN1CCN(c2ccc(-c3n[nH]c4cnc(Br)cc34)cc2OCCCCOCc2ccccc2)CC1. The molecule has 1 N–H and O–H groups in total. The highest BCUT2D eigenvalue weighted by Gasteiger charge is 2.19. The Morgan fingerprint density at radius 3 is 2.61 bits per heavy atom. The minimum Gasteiger partial charge on any atom is -0.491 e. The maximum atomic E-state index is 6.39. The Labute approximate surface area is 220 Å². The zero-order valence-electron chi connectivity index (χ0n) is 20.6. The van der Waals surface area contributed by atoms with Gasteiger partial charge in [0.05, 0.1) is 30.6 Å². The predicted octanol–water partition coefficient (Wildman–Crippen LogP) is 5.52. The largest absolute Gasteiger partial charge is 0.491 e. The predicted molar refractivity (Wildman–Crippen MR) is 148 cm³/mol. The number of unbranched alkanes of at least 4 members (excludes halogenated alkanes) is 1. The first-order valence-corrected chi connectivity index (χ1v) is 13.3. The summed E-state index contributed by atoms with van der Waals surface area (Å²) in [4.78, 5) is 9.09. The molecule has 5 rings (SSSR count). The van der Waals surface area contributed by atoms with E-state index in [2.05, 4.69) is 78.3 Å². The van der Waals surface area contributed by atoms with Crippen molar-refractivity contribution in [1.29, 1.82) is 0 Å². The van der Waals surface area contributed by atoms with Crippen molar-refractivity contribution >= 4 is 32.5 Å². The Kier molecular flexibility index (Phi) is 8.15. The number of ether oxygens (including phenoxy) is 2. The molecule has 0 saturated carbocycles. The second-order valence-corrected chi connectivity index (χ2v) is 10.0. The van der Waals surface area contributed by atoms with E-state index in [0.29, 0.717) is 13.2 Å². The summed E-state index contributed by atoms with van der Waals surface area (Å²) in [5.74, 6) is 0.909. The van der Waals surface area contributed by atoms with Crippen molar-refractivity contribution in [1.82, 2.24) is 20.1 Å². The van der Waals surface area contributed by atoms with Crippen LogP contribution >= 0.6 is 15.9 Å². The van der Waals surface area contributed by atoms with E-state index in [4.69, 9.17) is 9.47 Å². The molecule has 0 aliphatic carbocycles. The molecule has 1 aliphatic heterocycles. The molecule has 4 aromatic rings. The summed E-state index contributed by atoms with van der Waals surface area (Å²) in [5.41, 5.74) is 5.19. The molecule has 0 amide bonds. The normalized spacial score (nSPS) is 14.4. The molecule has 1 aliphatic rings. The summed E-state index contributed by atoms with van der Waals surface area (Å²) < 4.78 is 13.0. The first-order chi connectivity index (χ1) is 17.7. The van der Waals surface area contributed by atoms with Crippen LogP contribution in [0.5, 0.6) is 5.75 Å². The summed E-state index contributed by atoms with van der Waals surface area (Å²) >= 11 is 3.48. The van der Waals surface area contributed by atoms with Crippen LogP contribution in [0.4, 0.5) is 5.69 Å². The number of aromatic nitrogens is 3. The van der Waals surface area contributed by atoms with Crippen molar-refractivity contribution in [2.75, 3.05) is 51.3 Å². The van der Waals surface area contributed by atoms with E-state index in [1.165, 1.54) is 5.56 Å². The minimum atomic E-state index is 0.648. The van der Waals surface area contributed by atoms with Gasteiger partial charge in [-0.3, -0.25) is 5.10 Å². The van der Waals surface area contributed by atoms with Crippen LogP contribution < -0.4 is 9.64 Å². The lowest BCUT2D eigenvalue weighted by atomic mass is 10.1. The van der Waals surface area contributed by atoms with Crippen LogP contribution in [0.2, 0.25) is 0 Å². The lowest BCUT2D eigenvalue weighted by molar-refractivity contribution is 0.113. The second-order valence-electron chi connectivity index (χ2n) is 9.19. The molecule has 0 bridgehead atoms. The van der Waals surface area contributed by atoms with Gasteiger partial charge in [0.1, 0.15) is 16.0 Å². The molecule has 8 heteroatoms. The molecule has 36 heavy (non-hydrogen) atoms. The Bertz CT molecular complexity index is 1270. The maximum Gasteiger partial charge on any atom is 0.143 e. The Hall–Kier alpha value is -2.94. The van der Waals surface area contributed by atoms with Gasteiger partial charge in [-0.05, 0) is 59.6 Å². The summed E-state index contributed by atoms with van der Waals surface area (Å²) in [5, 5.41) is 8.71. The van der Waals surface area contributed by atoms with E-state index in [1.807, 2.05) is 24.3 Å². The van der Waals surface area contributed by atoms with Gasteiger partial charge in [-0.25, -0.2) is 4.98 Å². The van der Waals surface area contributed by atoms with Crippen LogP contribution in [0.3, 0.4) is 0 Å². The quantitative estimate of drug-likeness (QED) is 0.207. The molecule has 7 nitrogen and oxygen atoms in total. The smallest absolute Gasteiger partial charge is 0.143 e. The van der Waals surface area contributed by atoms with Crippen LogP contribution in [0.15, 0.2) is 65.4 Å². The topological polar surface area (TPSA) is 66.5 Å². The number of aromatic amines is 1. The van der Waals surface area contributed by atoms with Crippen molar-refractivity contribution in [2.24, 2.45) is 0 Å². The molecule has 0 atom stereocenters. The number of fused-ring (bicyclic) bond motifs is 1. The van der Waals surface area contributed by atoms with Gasteiger partial charge >= 0.3 is 0 Å². The summed E-state index contributed by atoms with van der Waals surface area (Å²) in [6, 6.07) is 18.7. The van der Waals surface area contributed by atoms with Gasteiger partial charge in [0.25, 0.3) is 0 Å². The average molecular weight is 551 g/mol. The molecule has 188 valence electrons. The molecular weight excluding hydrogens is 518 g/mol. The van der Waals surface area contributed by atoms with Gasteiger partial charge in [-0.1, -0.05) is 36.4 Å². The molecular formula is C28H32BrN5O2. The van der Waals surface area contributed by atoms with Gasteiger partial charge in [0, 0.05) is 43.7 Å². The molecule has 1 saturated heterocycles. The molecule has 0 radical (unpaired) electrons. The number of pyridine rings is 1. The van der Waals surface area contributed by atoms with Gasteiger partial charge in [-0.2, -0.15) is 5.10 Å². The van der Waals surface area contributed by atoms with Crippen molar-refractivity contribution < 1.29 is 9.47 Å². The fraction of sp³-hybridized carbons (Fsp3) is 0.357. The van der Waals surface area contributed by atoms with Crippen LogP contribution in [0, 0.1) is 0 Å². The molecule has 2 aromatic carbocycles. The zero-order valence-corrected chi connectivity index (χ0v) is 22.2. The highest BCUT2D eigenvalue weighted by atomic mass is 79.9. The lowest BCUT2D eigenvalue weighted by Gasteiger charge is -2.35. The van der Waals surface area contributed by atoms with Gasteiger partial charge < -0.3 is 19.3 Å². The number of likely N-dealkylation sites (N-methyl/N-ethyl adjacent to an activating group) is 1. The standard InChI is InChI=1S/C28H32BrN5O2/c1-33-11-13-34(14-12-33)25-10-9-22(28-23-18-27(29)30-19-24(23)31-32-28)17-26(25)36-16-6-5-15-35-20-21-7-3-2-4-8-21/h2-4,7-10,17-19H,5-6,11-16,20H2,1H3,(H,31,32). The molecule has 0 spiro atoms. The summed E-state index contributed by atoms with van der Waals surface area (Å²) in [7, 11) is 2.17. The number of hydrogen-bond acceptors (Lipinski definition) is 6. The Balaban J connectivity index is 1.26. The van der Waals surface area contributed by atoms with Gasteiger partial charge in [-0.15, -0.1) is 0 Å². The number of halogens is 1. The lowest BCUT2D eigenvalue weighted by Crippen LogP contribution is -2.44. The van der Waals surface area contributed by atoms with Crippen LogP contribution in [0.25, 0.3) is 22.2 Å². The highest BCUT2D eigenvalue weighted by molar-refractivity contribution is 9.10. The Morgan fingerprint density at radius 2 is 1.78 bits per heavy atom. The summed E-state index contributed by atoms with van der Waals surface area (Å²) in [6.45, 7) is 6.10. The number of H-pyrrole nitrogens is 1. The fourth-order valence-corrected chi connectivity index (χ4v) is 4.78. The van der Waals surface area contributed by atoms with Gasteiger partial charge in [0.2, 0.25) is 0 Å². The monoisotopic (exact) mass is 549 g/mol. The van der Waals surface area contributed by atoms with E-state index in [-0.39, 0.29) is 0 Å². The van der Waals surface area contributed by atoms with E-state index in [1.54, 1.807) is 6.20 Å². The Morgan fingerprint density at radius 1 is 0.972 bits per heavy atom. The number of nitrogens with zero attached hydrogens (tertiary/aromatic N) is 4. The van der Waals surface area contributed by atoms with E-state index < -0.39 is 0 Å². The zero-order chi connectivity index (χ0) is 24.7. The number of hydrogen-bond donors (Lipinski definition) is 1. The van der Waals surface area contributed by atoms with E-state index in [9.17, 15) is 0 Å². The molecule has 3 heterocycles. The van der Waals surface area contributed by atoms with Crippen LogP contribution in [-0.2, 0) is 11.3 Å². The van der Waals surface area contributed by atoms with E-state index >= 15 is 0 Å². The minimum absolute atomic E-state index is 0.648. The van der Waals surface area contributed by atoms with Crippen LogP contribution in [-0.4, -0.2) is 66.5 Å². The highest BCUT2D eigenvalue weighted by Crippen LogP contribution is 2.36. The molecule has 2 aromatic heterocycles. The summed E-state index contributed by atoms with van der Waals surface area (Å²) in [6.07, 6.45) is 3.69. The number of nitrogens with one attached hydrogen (secondary N) is 1. The average Bonchev–Trinajstić information content (AvgIpc) is 3.32. The first kappa shape index (κ1) is 24.7. The second kappa shape index (κ2) is 11.9. The fourth-order valence-electron chi connectivity index (χ4n) is 4.45. The van der Waals surface area contributed by atoms with Crippen molar-refractivity contribution in [2.45, 2.75) is 19.4 Å². The molecule has 0 unspecified atom stereocenters.